The van der Waals surface area contributed by atoms with Crippen LogP contribution in [0.1, 0.15) is 12.8 Å². The van der Waals surface area contributed by atoms with Gasteiger partial charge in [-0.1, -0.05) is 0 Å². The minimum Gasteiger partial charge on any atom is -0.376 e. The Morgan fingerprint density at radius 1 is 1.65 bits per heavy atom. The lowest BCUT2D eigenvalue weighted by molar-refractivity contribution is -0.131. The van der Waals surface area contributed by atoms with Gasteiger partial charge in [0, 0.05) is 19.4 Å². The zero-order chi connectivity index (χ0) is 12.1. The van der Waals surface area contributed by atoms with Crippen LogP contribution in [0.25, 0.3) is 0 Å². The Hall–Kier alpha value is -1.01. The van der Waals surface area contributed by atoms with Gasteiger partial charge in [0.25, 0.3) is 0 Å². The van der Waals surface area contributed by atoms with Crippen molar-refractivity contribution in [1.29, 1.82) is 0 Å². The molecule has 0 aromatic heterocycles. The van der Waals surface area contributed by atoms with Crippen LogP contribution in [0.5, 0.6) is 0 Å². The monoisotopic (exact) mass is 256 g/mol. The van der Waals surface area contributed by atoms with Crippen molar-refractivity contribution < 1.29 is 14.3 Å². The van der Waals surface area contributed by atoms with E-state index in [-0.39, 0.29) is 24.5 Å². The number of amides is 2. The van der Waals surface area contributed by atoms with Gasteiger partial charge in [0.2, 0.25) is 11.8 Å². The van der Waals surface area contributed by atoms with E-state index in [4.69, 9.17) is 4.74 Å². The Kier molecular flexibility index (Phi) is 4.44. The molecule has 0 saturated carbocycles. The first-order valence-corrected chi connectivity index (χ1v) is 6.76. The largest absolute Gasteiger partial charge is 0.376 e. The van der Waals surface area contributed by atoms with Crippen LogP contribution in [0.4, 0.5) is 0 Å². The Morgan fingerprint density at radius 2 is 2.53 bits per heavy atom. The van der Waals surface area contributed by atoms with E-state index in [0.29, 0.717) is 12.3 Å². The van der Waals surface area contributed by atoms with E-state index >= 15 is 0 Å². The second-order valence-corrected chi connectivity index (χ2v) is 4.95. The van der Waals surface area contributed by atoms with Gasteiger partial charge in [-0.15, -0.1) is 11.8 Å². The van der Waals surface area contributed by atoms with Crippen molar-refractivity contribution in [3.8, 4) is 0 Å². The average Bonchev–Trinajstić information content (AvgIpc) is 2.82. The van der Waals surface area contributed by atoms with Gasteiger partial charge in [-0.25, -0.2) is 0 Å². The van der Waals surface area contributed by atoms with Gasteiger partial charge < -0.3 is 15.0 Å². The SMILES string of the molecule is O=C(CN1C=CSCC1=O)NCC1CCCO1. The third-order valence-corrected chi connectivity index (χ3v) is 3.46. The summed E-state index contributed by atoms with van der Waals surface area (Å²) in [5.41, 5.74) is 0. The highest BCUT2D eigenvalue weighted by atomic mass is 32.2. The highest BCUT2D eigenvalue weighted by Crippen LogP contribution is 2.12. The van der Waals surface area contributed by atoms with Gasteiger partial charge in [-0.05, 0) is 18.2 Å². The van der Waals surface area contributed by atoms with E-state index in [1.54, 1.807) is 6.20 Å². The first kappa shape index (κ1) is 12.4. The lowest BCUT2D eigenvalue weighted by atomic mass is 10.2. The Morgan fingerprint density at radius 3 is 3.24 bits per heavy atom. The van der Waals surface area contributed by atoms with E-state index in [9.17, 15) is 9.59 Å². The molecule has 1 fully saturated rings. The molecule has 0 aromatic rings. The molecule has 1 unspecified atom stereocenters. The average molecular weight is 256 g/mol. The lowest BCUT2D eigenvalue weighted by Gasteiger charge is -2.20. The van der Waals surface area contributed by atoms with Crippen LogP contribution >= 0.6 is 11.8 Å². The fourth-order valence-electron chi connectivity index (χ4n) is 1.79. The predicted octanol–water partition coefficient (Wildman–Crippen LogP) is 0.328. The molecule has 17 heavy (non-hydrogen) atoms. The van der Waals surface area contributed by atoms with Crippen molar-refractivity contribution in [1.82, 2.24) is 10.2 Å². The van der Waals surface area contributed by atoms with E-state index in [2.05, 4.69) is 5.32 Å². The molecule has 0 aromatic carbocycles. The van der Waals surface area contributed by atoms with Gasteiger partial charge in [0.15, 0.2) is 0 Å². The van der Waals surface area contributed by atoms with E-state index < -0.39 is 0 Å². The Labute approximate surface area is 105 Å². The summed E-state index contributed by atoms with van der Waals surface area (Å²) in [6, 6.07) is 0. The molecule has 0 spiro atoms. The van der Waals surface area contributed by atoms with Gasteiger partial charge in [-0.2, -0.15) is 0 Å². The van der Waals surface area contributed by atoms with E-state index in [1.807, 2.05) is 5.41 Å². The van der Waals surface area contributed by atoms with Gasteiger partial charge in [-0.3, -0.25) is 9.59 Å². The molecule has 2 aliphatic rings. The topological polar surface area (TPSA) is 58.6 Å². The predicted molar refractivity (Wildman–Crippen MR) is 65.3 cm³/mol. The molecular formula is C11H16N2O3S. The van der Waals surface area contributed by atoms with Gasteiger partial charge >= 0.3 is 0 Å². The molecule has 1 saturated heterocycles. The number of hydrogen-bond acceptors (Lipinski definition) is 4. The lowest BCUT2D eigenvalue weighted by Crippen LogP contribution is -2.41. The van der Waals surface area contributed by atoms with Crippen LogP contribution in [-0.2, 0) is 14.3 Å². The standard InChI is InChI=1S/C11H16N2O3S/c14-10(12-6-9-2-1-4-16-9)7-13-3-5-17-8-11(13)15/h3,5,9H,1-2,4,6-8H2,(H,12,14). The zero-order valence-electron chi connectivity index (χ0n) is 9.55. The van der Waals surface area contributed by atoms with E-state index in [0.717, 1.165) is 19.4 Å². The van der Waals surface area contributed by atoms with Crippen LogP contribution in [0.2, 0.25) is 0 Å². The second-order valence-electron chi connectivity index (χ2n) is 4.06. The molecule has 1 atom stereocenters. The summed E-state index contributed by atoms with van der Waals surface area (Å²) >= 11 is 1.44. The molecule has 2 amide bonds. The maximum Gasteiger partial charge on any atom is 0.240 e. The summed E-state index contributed by atoms with van der Waals surface area (Å²) in [7, 11) is 0. The van der Waals surface area contributed by atoms with Crippen molar-refractivity contribution in [2.24, 2.45) is 0 Å². The van der Waals surface area contributed by atoms with Crippen LogP contribution in [0.15, 0.2) is 11.6 Å². The van der Waals surface area contributed by atoms with Gasteiger partial charge in [0.1, 0.15) is 6.54 Å². The highest BCUT2D eigenvalue weighted by Gasteiger charge is 2.19. The molecule has 6 heteroatoms. The molecule has 2 rings (SSSR count). The highest BCUT2D eigenvalue weighted by molar-refractivity contribution is 8.02. The number of nitrogens with zero attached hydrogens (tertiary/aromatic N) is 1. The molecule has 0 aliphatic carbocycles. The van der Waals surface area contributed by atoms with Crippen molar-refractivity contribution in [3.05, 3.63) is 11.6 Å². The fourth-order valence-corrected chi connectivity index (χ4v) is 2.42. The van der Waals surface area contributed by atoms with E-state index in [1.165, 1.54) is 16.7 Å². The first-order chi connectivity index (χ1) is 8.25. The van der Waals surface area contributed by atoms with Crippen LogP contribution in [0, 0.1) is 0 Å². The van der Waals surface area contributed by atoms with Crippen molar-refractivity contribution in [2.45, 2.75) is 18.9 Å². The molecule has 2 heterocycles. The smallest absolute Gasteiger partial charge is 0.240 e. The molecule has 5 nitrogen and oxygen atoms in total. The quantitative estimate of drug-likeness (QED) is 0.787. The molecule has 0 radical (unpaired) electrons. The van der Waals surface area contributed by atoms with Crippen molar-refractivity contribution >= 4 is 23.6 Å². The number of rotatable bonds is 4. The van der Waals surface area contributed by atoms with Crippen molar-refractivity contribution in [3.63, 3.8) is 0 Å². The molecule has 1 N–H and O–H groups in total. The number of carbonyl (C=O) groups excluding carboxylic acids is 2. The molecule has 0 bridgehead atoms. The Balaban J connectivity index is 1.70. The number of carbonyl (C=O) groups is 2. The second kappa shape index (κ2) is 6.07. The molecule has 94 valence electrons. The molecule has 2 aliphatic heterocycles. The third-order valence-electron chi connectivity index (χ3n) is 2.73. The minimum atomic E-state index is -0.134. The number of nitrogens with one attached hydrogen (secondary N) is 1. The summed E-state index contributed by atoms with van der Waals surface area (Å²) in [6.07, 6.45) is 3.86. The summed E-state index contributed by atoms with van der Waals surface area (Å²) in [5.74, 6) is 0.255. The number of thioether (sulfide) groups is 1. The maximum atomic E-state index is 11.6. The van der Waals surface area contributed by atoms with Gasteiger partial charge in [0.05, 0.1) is 11.9 Å². The first-order valence-electron chi connectivity index (χ1n) is 5.72. The van der Waals surface area contributed by atoms with Crippen LogP contribution < -0.4 is 5.32 Å². The Bertz CT molecular complexity index is 327. The number of hydrogen-bond donors (Lipinski definition) is 1. The zero-order valence-corrected chi connectivity index (χ0v) is 10.4. The van der Waals surface area contributed by atoms with Crippen LogP contribution in [0.3, 0.4) is 0 Å². The minimum absolute atomic E-state index is 0.0234. The summed E-state index contributed by atoms with van der Waals surface area (Å²) < 4.78 is 5.40. The summed E-state index contributed by atoms with van der Waals surface area (Å²) in [4.78, 5) is 24.5. The normalized spacial score (nSPS) is 24.1. The third kappa shape index (κ3) is 3.74. The summed E-state index contributed by atoms with van der Waals surface area (Å²) in [6.45, 7) is 1.42. The molecular weight excluding hydrogens is 240 g/mol. The fraction of sp³-hybridized carbons (Fsp3) is 0.636. The van der Waals surface area contributed by atoms with Crippen LogP contribution in [-0.4, -0.2) is 48.3 Å². The maximum absolute atomic E-state index is 11.6. The van der Waals surface area contributed by atoms with Crippen molar-refractivity contribution in [2.75, 3.05) is 25.4 Å². The summed E-state index contributed by atoms with van der Waals surface area (Å²) in [5, 5.41) is 4.62. The number of ether oxygens (including phenoxy) is 1.